The zero-order valence-corrected chi connectivity index (χ0v) is 61.3. The van der Waals surface area contributed by atoms with E-state index >= 15 is 0 Å². The summed E-state index contributed by atoms with van der Waals surface area (Å²) < 4.78 is 68.3. The van der Waals surface area contributed by atoms with E-state index in [4.69, 9.17) is 37.0 Å². The lowest BCUT2D eigenvalue weighted by atomic mass is 9.99. The molecule has 0 fully saturated rings. The number of phosphoric acid groups is 2. The van der Waals surface area contributed by atoms with Crippen molar-refractivity contribution >= 4 is 39.5 Å². The number of phosphoric ester groups is 2. The number of carbonyl (C=O) groups excluding carboxylic acids is 4. The van der Waals surface area contributed by atoms with Crippen LogP contribution < -0.4 is 0 Å². The van der Waals surface area contributed by atoms with Crippen LogP contribution in [0.4, 0.5) is 0 Å². The maximum absolute atomic E-state index is 13.0. The fourth-order valence-electron chi connectivity index (χ4n) is 10.8. The van der Waals surface area contributed by atoms with Crippen molar-refractivity contribution in [1.82, 2.24) is 0 Å². The lowest BCUT2D eigenvalue weighted by molar-refractivity contribution is -0.161. The molecule has 0 rings (SSSR count). The molecular weight excluding hydrogens is 1200 g/mol. The highest BCUT2D eigenvalue weighted by Crippen LogP contribution is 2.45. The number of carbonyl (C=O) groups is 4. The van der Waals surface area contributed by atoms with Gasteiger partial charge in [0, 0.05) is 25.7 Å². The van der Waals surface area contributed by atoms with E-state index in [0.717, 1.165) is 120 Å². The minimum absolute atomic E-state index is 0.105. The van der Waals surface area contributed by atoms with Crippen LogP contribution in [0, 0.1) is 23.7 Å². The maximum atomic E-state index is 13.0. The third-order valence-electron chi connectivity index (χ3n) is 17.3. The Balaban J connectivity index is 5.21. The predicted molar refractivity (Wildman–Crippen MR) is 367 cm³/mol. The molecule has 0 amide bonds. The molecule has 3 N–H and O–H groups in total. The van der Waals surface area contributed by atoms with Gasteiger partial charge in [0.1, 0.15) is 19.3 Å². The lowest BCUT2D eigenvalue weighted by Gasteiger charge is -2.21. The Hall–Kier alpha value is -1.94. The number of esters is 4. The van der Waals surface area contributed by atoms with Crippen molar-refractivity contribution in [1.29, 1.82) is 0 Å². The molecule has 0 radical (unpaired) electrons. The molecule has 0 spiro atoms. The minimum Gasteiger partial charge on any atom is -0.462 e. The molecule has 0 aromatic carbocycles. The van der Waals surface area contributed by atoms with E-state index in [-0.39, 0.29) is 25.7 Å². The first-order valence-electron chi connectivity index (χ1n) is 37.3. The van der Waals surface area contributed by atoms with Gasteiger partial charge in [-0.2, -0.15) is 0 Å². The van der Waals surface area contributed by atoms with Gasteiger partial charge in [0.05, 0.1) is 26.4 Å². The number of aliphatic hydroxyl groups excluding tert-OH is 1. The van der Waals surface area contributed by atoms with Crippen molar-refractivity contribution in [3.63, 3.8) is 0 Å². The third kappa shape index (κ3) is 63.9. The summed E-state index contributed by atoms with van der Waals surface area (Å²) in [6.07, 6.45) is 44.6. The van der Waals surface area contributed by atoms with E-state index < -0.39 is 97.5 Å². The van der Waals surface area contributed by atoms with Gasteiger partial charge < -0.3 is 33.8 Å². The molecule has 0 aromatic heterocycles. The van der Waals surface area contributed by atoms with E-state index in [9.17, 15) is 43.2 Å². The van der Waals surface area contributed by atoms with Gasteiger partial charge in [0.15, 0.2) is 12.2 Å². The molecule has 540 valence electrons. The second-order valence-corrected chi connectivity index (χ2v) is 30.3. The minimum atomic E-state index is -4.95. The fraction of sp³-hybridized carbons (Fsp3) is 0.944. The van der Waals surface area contributed by atoms with E-state index in [1.165, 1.54) is 148 Å². The third-order valence-corrected chi connectivity index (χ3v) is 19.2. The van der Waals surface area contributed by atoms with Crippen molar-refractivity contribution in [3.05, 3.63) is 0 Å². The molecule has 0 heterocycles. The van der Waals surface area contributed by atoms with Gasteiger partial charge in [-0.3, -0.25) is 37.3 Å². The highest BCUT2D eigenvalue weighted by atomic mass is 31.2. The lowest BCUT2D eigenvalue weighted by Crippen LogP contribution is -2.30. The Morgan fingerprint density at radius 1 is 0.308 bits per heavy atom. The Morgan fingerprint density at radius 3 is 0.780 bits per heavy atom. The van der Waals surface area contributed by atoms with Crippen molar-refractivity contribution < 1.29 is 80.2 Å². The molecule has 0 aromatic rings. The first-order chi connectivity index (χ1) is 43.7. The van der Waals surface area contributed by atoms with Crippen molar-refractivity contribution in [3.8, 4) is 0 Å². The van der Waals surface area contributed by atoms with Crippen molar-refractivity contribution in [2.24, 2.45) is 23.7 Å². The number of aliphatic hydroxyl groups is 1. The molecule has 7 atom stereocenters. The molecule has 0 saturated carbocycles. The summed E-state index contributed by atoms with van der Waals surface area (Å²) in [4.78, 5) is 72.6. The SMILES string of the molecule is CCC(C)CCCCCCCCCCCCC(=O)O[C@H](COC(=O)CCCCCCCCC(C)CC)COP(=O)(O)OCC(O)COP(=O)(O)OC[C@@H](COC(=O)CCCCCCCCC(C)C)OC(=O)CCCCCCCCCCCCCCCCCC(C)C. The Labute approximate surface area is 556 Å². The van der Waals surface area contributed by atoms with Crippen molar-refractivity contribution in [2.45, 2.75) is 375 Å². The summed E-state index contributed by atoms with van der Waals surface area (Å²) in [5.74, 6) is 0.886. The molecule has 0 saturated heterocycles. The van der Waals surface area contributed by atoms with Gasteiger partial charge in [0.25, 0.3) is 0 Å². The van der Waals surface area contributed by atoms with Crippen LogP contribution in [-0.2, 0) is 65.4 Å². The van der Waals surface area contributed by atoms with Gasteiger partial charge in [-0.25, -0.2) is 9.13 Å². The summed E-state index contributed by atoms with van der Waals surface area (Å²) in [7, 11) is -9.91. The first-order valence-corrected chi connectivity index (χ1v) is 40.3. The zero-order valence-electron chi connectivity index (χ0n) is 59.5. The van der Waals surface area contributed by atoms with Crippen LogP contribution in [-0.4, -0.2) is 96.7 Å². The quantitative estimate of drug-likeness (QED) is 0.0222. The van der Waals surface area contributed by atoms with Gasteiger partial charge >= 0.3 is 39.5 Å². The van der Waals surface area contributed by atoms with E-state index in [1.54, 1.807) is 0 Å². The fourth-order valence-corrected chi connectivity index (χ4v) is 12.4. The second kappa shape index (κ2) is 61.6. The number of ether oxygens (including phenoxy) is 4. The van der Waals surface area contributed by atoms with Gasteiger partial charge in [0.2, 0.25) is 0 Å². The Bertz CT molecular complexity index is 1800. The monoisotopic (exact) mass is 1340 g/mol. The van der Waals surface area contributed by atoms with E-state index in [2.05, 4.69) is 55.4 Å². The molecule has 19 heteroatoms. The Kier molecular flexibility index (Phi) is 60.3. The van der Waals surface area contributed by atoms with Gasteiger partial charge in [-0.05, 0) is 49.4 Å². The van der Waals surface area contributed by atoms with Crippen LogP contribution in [0.25, 0.3) is 0 Å². The van der Waals surface area contributed by atoms with Crippen LogP contribution in [0.2, 0.25) is 0 Å². The van der Waals surface area contributed by atoms with Crippen LogP contribution in [0.5, 0.6) is 0 Å². The molecule has 17 nitrogen and oxygen atoms in total. The van der Waals surface area contributed by atoms with Crippen LogP contribution >= 0.6 is 15.6 Å². The maximum Gasteiger partial charge on any atom is 0.472 e. The van der Waals surface area contributed by atoms with E-state index in [0.29, 0.717) is 31.6 Å². The highest BCUT2D eigenvalue weighted by molar-refractivity contribution is 7.47. The number of hydrogen-bond acceptors (Lipinski definition) is 15. The normalized spacial score (nSPS) is 14.8. The van der Waals surface area contributed by atoms with Crippen molar-refractivity contribution in [2.75, 3.05) is 39.6 Å². The smallest absolute Gasteiger partial charge is 0.462 e. The second-order valence-electron chi connectivity index (χ2n) is 27.4. The topological polar surface area (TPSA) is 237 Å². The van der Waals surface area contributed by atoms with Gasteiger partial charge in [-0.1, -0.05) is 306 Å². The predicted octanol–water partition coefficient (Wildman–Crippen LogP) is 20.5. The average Bonchev–Trinajstić information content (AvgIpc) is 3.66. The summed E-state index contributed by atoms with van der Waals surface area (Å²) >= 11 is 0. The summed E-state index contributed by atoms with van der Waals surface area (Å²) in [6, 6.07) is 0. The van der Waals surface area contributed by atoms with Gasteiger partial charge in [-0.15, -0.1) is 0 Å². The summed E-state index contributed by atoms with van der Waals surface area (Å²) in [6.45, 7) is 14.1. The molecule has 0 aliphatic rings. The number of unbranched alkanes of at least 4 members (excludes halogenated alkanes) is 33. The Morgan fingerprint density at radius 2 is 0.527 bits per heavy atom. The summed E-state index contributed by atoms with van der Waals surface area (Å²) in [5, 5.41) is 10.6. The number of rotatable bonds is 69. The molecule has 5 unspecified atom stereocenters. The first kappa shape index (κ1) is 89.1. The van der Waals surface area contributed by atoms with E-state index in [1.807, 2.05) is 0 Å². The largest absolute Gasteiger partial charge is 0.472 e. The molecular formula is C72H140O17P2. The van der Waals surface area contributed by atoms with Crippen LogP contribution in [0.15, 0.2) is 0 Å². The standard InChI is InChI=1S/C72H140O17P2/c1-9-64(7)50-42-34-25-21-18-19-23-27-39-47-55-72(77)89-68(59-83-70(75)53-45-37-31-29-35-43-51-65(8)10-2)61-87-91(80,81)85-57-66(73)56-84-90(78,79)86-60-67(58-82-69(74)52-44-36-30-28-33-41-49-63(5)6)88-71(76)54-46-38-26-22-17-15-13-11-12-14-16-20-24-32-40-48-62(3)4/h62-68,73H,9-61H2,1-8H3,(H,78,79)(H,80,81)/t64?,65?,66?,67-,68-/m1/s1. The summed E-state index contributed by atoms with van der Waals surface area (Å²) in [5.41, 5.74) is 0. The van der Waals surface area contributed by atoms with Crippen LogP contribution in [0.3, 0.4) is 0 Å². The molecule has 0 aliphatic carbocycles. The highest BCUT2D eigenvalue weighted by Gasteiger charge is 2.30. The average molecular weight is 1340 g/mol. The molecule has 0 bridgehead atoms. The van der Waals surface area contributed by atoms with Crippen LogP contribution in [0.1, 0.15) is 357 Å². The molecule has 0 aliphatic heterocycles. The molecule has 91 heavy (non-hydrogen) atoms. The zero-order chi connectivity index (χ0) is 67.5. The number of hydrogen-bond donors (Lipinski definition) is 3.